The third kappa shape index (κ3) is 2.89. The number of benzene rings is 1. The maximum atomic E-state index is 12.1. The fraction of sp³-hybridized carbons (Fsp3) is 0.500. The van der Waals surface area contributed by atoms with Gasteiger partial charge in [-0.1, -0.05) is 24.3 Å². The standard InChI is InChI=1S/C14H20N3O/c1-15-14(18)13(12-6-4-3-5-7-12)17-10-8-16(2)9-11-17/h3-6,13H,8-11H2,1-2H3,(H,15,18). The van der Waals surface area contributed by atoms with Crippen LogP contribution in [0.5, 0.6) is 0 Å². The van der Waals surface area contributed by atoms with Crippen LogP contribution in [0.25, 0.3) is 0 Å². The fourth-order valence-corrected chi connectivity index (χ4v) is 2.30. The van der Waals surface area contributed by atoms with Crippen molar-refractivity contribution in [3.63, 3.8) is 0 Å². The van der Waals surface area contributed by atoms with Crippen molar-refractivity contribution in [1.82, 2.24) is 15.1 Å². The summed E-state index contributed by atoms with van der Waals surface area (Å²) in [5.74, 6) is 0.0435. The van der Waals surface area contributed by atoms with Gasteiger partial charge in [0.1, 0.15) is 6.04 Å². The Hall–Kier alpha value is -1.39. The molecule has 1 aromatic rings. The summed E-state index contributed by atoms with van der Waals surface area (Å²) in [6, 6.07) is 10.7. The maximum Gasteiger partial charge on any atom is 0.241 e. The van der Waals surface area contributed by atoms with Gasteiger partial charge in [0.2, 0.25) is 5.91 Å². The molecule has 1 fully saturated rings. The van der Waals surface area contributed by atoms with Crippen molar-refractivity contribution in [1.29, 1.82) is 0 Å². The van der Waals surface area contributed by atoms with E-state index >= 15 is 0 Å². The number of likely N-dealkylation sites (N-methyl/N-ethyl adjacent to an activating group) is 2. The molecule has 4 heteroatoms. The second-order valence-corrected chi connectivity index (χ2v) is 4.67. The molecule has 1 aliphatic rings. The van der Waals surface area contributed by atoms with Crippen molar-refractivity contribution < 1.29 is 4.79 Å². The van der Waals surface area contributed by atoms with Crippen LogP contribution in [0.15, 0.2) is 24.3 Å². The Morgan fingerprint density at radius 2 is 2.06 bits per heavy atom. The Morgan fingerprint density at radius 1 is 1.33 bits per heavy atom. The highest BCUT2D eigenvalue weighted by atomic mass is 16.2. The lowest BCUT2D eigenvalue weighted by Gasteiger charge is -2.37. The Kier molecular flexibility index (Phi) is 4.33. The van der Waals surface area contributed by atoms with E-state index in [0.29, 0.717) is 0 Å². The van der Waals surface area contributed by atoms with Gasteiger partial charge < -0.3 is 10.2 Å². The van der Waals surface area contributed by atoms with Gasteiger partial charge in [0.25, 0.3) is 0 Å². The summed E-state index contributed by atoms with van der Waals surface area (Å²) >= 11 is 0. The van der Waals surface area contributed by atoms with Crippen LogP contribution in [0.4, 0.5) is 0 Å². The molecular weight excluding hydrogens is 226 g/mol. The van der Waals surface area contributed by atoms with Crippen molar-refractivity contribution in [2.45, 2.75) is 6.04 Å². The molecule has 1 aromatic carbocycles. The summed E-state index contributed by atoms with van der Waals surface area (Å²) in [5.41, 5.74) is 0.946. The summed E-state index contributed by atoms with van der Waals surface area (Å²) in [4.78, 5) is 16.6. The van der Waals surface area contributed by atoms with Gasteiger partial charge >= 0.3 is 0 Å². The van der Waals surface area contributed by atoms with Crippen LogP contribution >= 0.6 is 0 Å². The lowest BCUT2D eigenvalue weighted by molar-refractivity contribution is -0.126. The summed E-state index contributed by atoms with van der Waals surface area (Å²) in [6.07, 6.45) is 0. The molecule has 2 rings (SSSR count). The molecule has 0 aromatic heterocycles. The molecule has 1 amide bonds. The van der Waals surface area contributed by atoms with Gasteiger partial charge in [-0.15, -0.1) is 0 Å². The van der Waals surface area contributed by atoms with E-state index in [2.05, 4.69) is 28.2 Å². The highest BCUT2D eigenvalue weighted by Gasteiger charge is 2.28. The van der Waals surface area contributed by atoms with Crippen molar-refractivity contribution in [3.8, 4) is 0 Å². The minimum Gasteiger partial charge on any atom is -0.358 e. The van der Waals surface area contributed by atoms with E-state index in [-0.39, 0.29) is 11.9 Å². The van der Waals surface area contributed by atoms with E-state index < -0.39 is 0 Å². The molecule has 1 aliphatic heterocycles. The Morgan fingerprint density at radius 3 is 2.61 bits per heavy atom. The second-order valence-electron chi connectivity index (χ2n) is 4.67. The summed E-state index contributed by atoms with van der Waals surface area (Å²) < 4.78 is 0. The van der Waals surface area contributed by atoms with Crippen LogP contribution in [-0.4, -0.2) is 56.0 Å². The maximum absolute atomic E-state index is 12.1. The van der Waals surface area contributed by atoms with Gasteiger partial charge in [0, 0.05) is 33.2 Å². The van der Waals surface area contributed by atoms with Gasteiger partial charge in [-0.05, 0) is 18.7 Å². The molecule has 1 N–H and O–H groups in total. The Labute approximate surface area is 109 Å². The average molecular weight is 246 g/mol. The monoisotopic (exact) mass is 246 g/mol. The number of piperazine rings is 1. The third-order valence-corrected chi connectivity index (χ3v) is 3.43. The van der Waals surface area contributed by atoms with Crippen molar-refractivity contribution in [3.05, 3.63) is 35.9 Å². The molecule has 4 nitrogen and oxygen atoms in total. The second kappa shape index (κ2) is 5.98. The van der Waals surface area contributed by atoms with Crippen LogP contribution in [0.3, 0.4) is 0 Å². The number of carbonyl (C=O) groups excluding carboxylic acids is 1. The first-order valence-corrected chi connectivity index (χ1v) is 6.33. The van der Waals surface area contributed by atoms with E-state index in [1.165, 1.54) is 0 Å². The topological polar surface area (TPSA) is 35.6 Å². The van der Waals surface area contributed by atoms with E-state index in [0.717, 1.165) is 31.7 Å². The van der Waals surface area contributed by atoms with E-state index in [4.69, 9.17) is 0 Å². The van der Waals surface area contributed by atoms with Gasteiger partial charge in [-0.25, -0.2) is 0 Å². The number of carbonyl (C=O) groups is 1. The number of hydrogen-bond acceptors (Lipinski definition) is 3. The third-order valence-electron chi connectivity index (χ3n) is 3.43. The SMILES string of the molecule is CNC(=O)C(c1[c]cccc1)N1CCN(C)CC1. The van der Waals surface area contributed by atoms with E-state index in [1.54, 1.807) is 7.05 Å². The summed E-state index contributed by atoms with van der Waals surface area (Å²) in [5, 5.41) is 2.76. The number of hydrogen-bond donors (Lipinski definition) is 1. The van der Waals surface area contributed by atoms with Crippen LogP contribution < -0.4 is 5.32 Å². The van der Waals surface area contributed by atoms with Crippen molar-refractivity contribution >= 4 is 5.91 Å². The van der Waals surface area contributed by atoms with Gasteiger partial charge in [0.15, 0.2) is 0 Å². The zero-order chi connectivity index (χ0) is 13.0. The van der Waals surface area contributed by atoms with Gasteiger partial charge in [0.05, 0.1) is 0 Å². The van der Waals surface area contributed by atoms with Crippen LogP contribution in [0.1, 0.15) is 11.6 Å². The first kappa shape index (κ1) is 13.1. The lowest BCUT2D eigenvalue weighted by Crippen LogP contribution is -2.49. The lowest BCUT2D eigenvalue weighted by atomic mass is 10.0. The van der Waals surface area contributed by atoms with Crippen LogP contribution in [0, 0.1) is 6.07 Å². The molecule has 18 heavy (non-hydrogen) atoms. The normalized spacial score (nSPS) is 19.4. The predicted octanol–water partition coefficient (Wildman–Crippen LogP) is 0.521. The molecule has 1 atom stereocenters. The van der Waals surface area contributed by atoms with Crippen LogP contribution in [-0.2, 0) is 4.79 Å². The van der Waals surface area contributed by atoms with Gasteiger partial charge in [-0.3, -0.25) is 9.69 Å². The summed E-state index contributed by atoms with van der Waals surface area (Å²) in [7, 11) is 3.80. The molecule has 1 unspecified atom stereocenters. The van der Waals surface area contributed by atoms with E-state index in [1.807, 2.05) is 24.3 Å². The molecular formula is C14H20N3O. The highest BCUT2D eigenvalue weighted by Crippen LogP contribution is 2.21. The number of amides is 1. The molecule has 0 aliphatic carbocycles. The Balaban J connectivity index is 2.18. The van der Waals surface area contributed by atoms with Gasteiger partial charge in [-0.2, -0.15) is 0 Å². The molecule has 1 saturated heterocycles. The number of nitrogens with zero attached hydrogens (tertiary/aromatic N) is 2. The molecule has 0 spiro atoms. The first-order chi connectivity index (χ1) is 8.72. The minimum atomic E-state index is -0.218. The zero-order valence-corrected chi connectivity index (χ0v) is 11.0. The van der Waals surface area contributed by atoms with Crippen molar-refractivity contribution in [2.75, 3.05) is 40.3 Å². The van der Waals surface area contributed by atoms with Crippen molar-refractivity contribution in [2.24, 2.45) is 0 Å². The van der Waals surface area contributed by atoms with E-state index in [9.17, 15) is 4.79 Å². The molecule has 1 radical (unpaired) electrons. The minimum absolute atomic E-state index is 0.0435. The number of nitrogens with one attached hydrogen (secondary N) is 1. The number of rotatable bonds is 3. The van der Waals surface area contributed by atoms with Crippen LogP contribution in [0.2, 0.25) is 0 Å². The smallest absolute Gasteiger partial charge is 0.241 e. The summed E-state index contributed by atoms with van der Waals surface area (Å²) in [6.45, 7) is 3.83. The quantitative estimate of drug-likeness (QED) is 0.844. The predicted molar refractivity (Wildman–Crippen MR) is 71.2 cm³/mol. The first-order valence-electron chi connectivity index (χ1n) is 6.33. The molecule has 0 bridgehead atoms. The fourth-order valence-electron chi connectivity index (χ4n) is 2.30. The average Bonchev–Trinajstić information content (AvgIpc) is 2.42. The largest absolute Gasteiger partial charge is 0.358 e. The molecule has 97 valence electrons. The molecule has 1 heterocycles. The zero-order valence-electron chi connectivity index (χ0n) is 11.0. The Bertz CT molecular complexity index is 385. The molecule has 0 saturated carbocycles. The highest BCUT2D eigenvalue weighted by molar-refractivity contribution is 5.82.